The lowest BCUT2D eigenvalue weighted by molar-refractivity contribution is -0.167. The van der Waals surface area contributed by atoms with E-state index in [1.165, 1.54) is 154 Å². The Balaban J connectivity index is 4.34. The van der Waals surface area contributed by atoms with Crippen molar-refractivity contribution >= 4 is 17.9 Å². The van der Waals surface area contributed by atoms with Crippen LogP contribution in [0.4, 0.5) is 0 Å². The molecule has 0 spiro atoms. The van der Waals surface area contributed by atoms with Gasteiger partial charge in [-0.2, -0.15) is 0 Å². The Bertz CT molecular complexity index is 1620. The van der Waals surface area contributed by atoms with E-state index < -0.39 is 6.10 Å². The van der Waals surface area contributed by atoms with E-state index in [0.717, 1.165) is 135 Å². The Kier molecular flexibility index (Phi) is 65.2. The molecule has 0 aromatic carbocycles. The lowest BCUT2D eigenvalue weighted by Crippen LogP contribution is -2.30. The summed E-state index contributed by atoms with van der Waals surface area (Å²) in [5.74, 6) is -0.897. The van der Waals surface area contributed by atoms with E-state index in [4.69, 9.17) is 14.2 Å². The van der Waals surface area contributed by atoms with Crippen molar-refractivity contribution in [3.8, 4) is 0 Å². The molecule has 0 radical (unpaired) electrons. The number of hydrogen-bond acceptors (Lipinski definition) is 6. The second-order valence-electron chi connectivity index (χ2n) is 22.7. The lowest BCUT2D eigenvalue weighted by Gasteiger charge is -2.18. The van der Waals surface area contributed by atoms with Gasteiger partial charge in [-0.15, -0.1) is 0 Å². The average Bonchev–Trinajstić information content (AvgIpc) is 3.47. The van der Waals surface area contributed by atoms with Gasteiger partial charge >= 0.3 is 17.9 Å². The highest BCUT2D eigenvalue weighted by molar-refractivity contribution is 5.71. The van der Waals surface area contributed by atoms with Crippen LogP contribution in [0.1, 0.15) is 329 Å². The molecule has 0 amide bonds. The van der Waals surface area contributed by atoms with Gasteiger partial charge in [0, 0.05) is 19.3 Å². The summed E-state index contributed by atoms with van der Waals surface area (Å²) < 4.78 is 17.0. The van der Waals surface area contributed by atoms with Gasteiger partial charge in [0.05, 0.1) is 0 Å². The second-order valence-corrected chi connectivity index (χ2v) is 22.7. The minimum absolute atomic E-state index is 0.0868. The van der Waals surface area contributed by atoms with Gasteiger partial charge in [0.25, 0.3) is 0 Å². The lowest BCUT2D eigenvalue weighted by atomic mass is 10.0. The Morgan fingerprint density at radius 3 is 0.790 bits per heavy atom. The summed E-state index contributed by atoms with van der Waals surface area (Å²) in [4.78, 5) is 38.4. The quantitative estimate of drug-likeness (QED) is 0.0261. The van der Waals surface area contributed by atoms with Crippen LogP contribution in [-0.2, 0) is 28.6 Å². The molecule has 0 aromatic heterocycles. The number of rotatable bonds is 62. The maximum absolute atomic E-state index is 12.9. The fourth-order valence-corrected chi connectivity index (χ4v) is 9.62. The Morgan fingerprint density at radius 1 is 0.259 bits per heavy atom. The molecular formula is C75H128O6. The maximum Gasteiger partial charge on any atom is 0.306 e. The third-order valence-electron chi connectivity index (χ3n) is 14.8. The number of esters is 3. The average molecular weight is 1130 g/mol. The largest absolute Gasteiger partial charge is 0.462 e. The van der Waals surface area contributed by atoms with Crippen molar-refractivity contribution in [2.24, 2.45) is 0 Å². The molecule has 6 heteroatoms. The number of carbonyl (C=O) groups is 3. The molecule has 0 bridgehead atoms. The first-order chi connectivity index (χ1) is 40.0. The predicted molar refractivity (Wildman–Crippen MR) is 353 cm³/mol. The molecule has 464 valence electrons. The van der Waals surface area contributed by atoms with Crippen LogP contribution in [-0.4, -0.2) is 37.2 Å². The molecule has 0 saturated carbocycles. The highest BCUT2D eigenvalue weighted by atomic mass is 16.6. The van der Waals surface area contributed by atoms with E-state index in [-0.39, 0.29) is 31.1 Å². The molecular weight excluding hydrogens is 997 g/mol. The summed E-state index contributed by atoms with van der Waals surface area (Å²) in [5.41, 5.74) is 0. The van der Waals surface area contributed by atoms with Crippen molar-refractivity contribution in [2.75, 3.05) is 13.2 Å². The van der Waals surface area contributed by atoms with Crippen molar-refractivity contribution in [3.63, 3.8) is 0 Å². The molecule has 0 aliphatic heterocycles. The topological polar surface area (TPSA) is 78.9 Å². The summed E-state index contributed by atoms with van der Waals surface area (Å²) in [6.07, 6.45) is 93.9. The summed E-state index contributed by atoms with van der Waals surface area (Å²) in [6.45, 7) is 6.50. The highest BCUT2D eigenvalue weighted by Gasteiger charge is 2.19. The first-order valence-corrected chi connectivity index (χ1v) is 34.4. The van der Waals surface area contributed by atoms with Crippen LogP contribution in [0.5, 0.6) is 0 Å². The van der Waals surface area contributed by atoms with E-state index in [1.54, 1.807) is 0 Å². The molecule has 0 saturated heterocycles. The SMILES string of the molecule is CC/C=C\C/C=C\C/C=C\C/C=C\C/C=C\C/C=C\C/C=C\CCCCCCCCCC(=O)OCC(COC(=O)CCCCCCC/C=C\C/C=C\CCCC)OC(=O)CCCCCCCCCCCCCCCCCCCCCC. The van der Waals surface area contributed by atoms with E-state index in [0.29, 0.717) is 19.3 Å². The van der Waals surface area contributed by atoms with Crippen molar-refractivity contribution in [1.82, 2.24) is 0 Å². The molecule has 1 unspecified atom stereocenters. The van der Waals surface area contributed by atoms with E-state index in [2.05, 4.69) is 130 Å². The zero-order valence-electron chi connectivity index (χ0n) is 53.3. The van der Waals surface area contributed by atoms with Crippen molar-refractivity contribution in [1.29, 1.82) is 0 Å². The normalized spacial score (nSPS) is 12.8. The molecule has 0 heterocycles. The summed E-state index contributed by atoms with van der Waals surface area (Å²) in [7, 11) is 0. The van der Waals surface area contributed by atoms with Gasteiger partial charge in [-0.1, -0.05) is 316 Å². The van der Waals surface area contributed by atoms with Gasteiger partial charge in [-0.05, 0) is 103 Å². The van der Waals surface area contributed by atoms with Crippen LogP contribution in [0.25, 0.3) is 0 Å². The number of allylic oxidation sites excluding steroid dienone is 18. The molecule has 0 aromatic rings. The zero-order chi connectivity index (χ0) is 58.5. The van der Waals surface area contributed by atoms with Crippen LogP contribution in [0.3, 0.4) is 0 Å². The van der Waals surface area contributed by atoms with Gasteiger partial charge in [0.15, 0.2) is 6.10 Å². The van der Waals surface area contributed by atoms with Gasteiger partial charge in [-0.3, -0.25) is 14.4 Å². The van der Waals surface area contributed by atoms with Crippen LogP contribution in [0.15, 0.2) is 109 Å². The number of ether oxygens (including phenoxy) is 3. The molecule has 0 aliphatic carbocycles. The van der Waals surface area contributed by atoms with Gasteiger partial charge in [-0.25, -0.2) is 0 Å². The predicted octanol–water partition coefficient (Wildman–Crippen LogP) is 23.8. The van der Waals surface area contributed by atoms with Crippen LogP contribution < -0.4 is 0 Å². The molecule has 0 rings (SSSR count). The molecule has 1 atom stereocenters. The highest BCUT2D eigenvalue weighted by Crippen LogP contribution is 2.17. The Hall–Kier alpha value is -3.93. The maximum atomic E-state index is 12.9. The fourth-order valence-electron chi connectivity index (χ4n) is 9.62. The summed E-state index contributed by atoms with van der Waals surface area (Å²) in [6, 6.07) is 0. The van der Waals surface area contributed by atoms with Gasteiger partial charge < -0.3 is 14.2 Å². The van der Waals surface area contributed by atoms with Crippen molar-refractivity contribution in [3.05, 3.63) is 109 Å². The smallest absolute Gasteiger partial charge is 0.306 e. The van der Waals surface area contributed by atoms with Crippen molar-refractivity contribution in [2.45, 2.75) is 335 Å². The first-order valence-electron chi connectivity index (χ1n) is 34.4. The van der Waals surface area contributed by atoms with Crippen LogP contribution in [0.2, 0.25) is 0 Å². The van der Waals surface area contributed by atoms with Crippen LogP contribution in [0, 0.1) is 0 Å². The zero-order valence-corrected chi connectivity index (χ0v) is 53.3. The third-order valence-corrected chi connectivity index (χ3v) is 14.8. The Labute approximate surface area is 501 Å². The fraction of sp³-hybridized carbons (Fsp3) is 0.720. The first kappa shape index (κ1) is 77.1. The van der Waals surface area contributed by atoms with E-state index in [1.807, 2.05) is 0 Å². The van der Waals surface area contributed by atoms with E-state index >= 15 is 0 Å². The monoisotopic (exact) mass is 1120 g/mol. The van der Waals surface area contributed by atoms with E-state index in [9.17, 15) is 14.4 Å². The summed E-state index contributed by atoms with van der Waals surface area (Å²) in [5, 5.41) is 0. The minimum Gasteiger partial charge on any atom is -0.462 e. The van der Waals surface area contributed by atoms with Gasteiger partial charge in [0.2, 0.25) is 0 Å². The molecule has 0 fully saturated rings. The van der Waals surface area contributed by atoms with Crippen LogP contribution >= 0.6 is 0 Å². The number of hydrogen-bond donors (Lipinski definition) is 0. The summed E-state index contributed by atoms with van der Waals surface area (Å²) >= 11 is 0. The Morgan fingerprint density at radius 2 is 0.494 bits per heavy atom. The number of unbranched alkanes of at least 4 members (excludes halogenated alkanes) is 33. The number of carbonyl (C=O) groups excluding carboxylic acids is 3. The second kappa shape index (κ2) is 68.6. The molecule has 0 aliphatic rings. The van der Waals surface area contributed by atoms with Crippen molar-refractivity contribution < 1.29 is 28.6 Å². The molecule has 6 nitrogen and oxygen atoms in total. The standard InChI is InChI=1S/C75H128O6/c1-4-7-10-13-16-19-22-25-28-30-32-34-35-36-37-38-39-40-41-42-44-45-47-50-53-56-59-62-65-68-74(77)80-71-72(70-79-73(76)67-64-61-58-55-52-49-27-24-21-18-15-12-9-6-3)81-75(78)69-66-63-60-57-54-51-48-46-43-33-31-29-26-23-20-17-14-11-8-5-2/h7,10,15-16,18-19,24-25,27-28,32,34,36-37,39-40,42,44,72H,4-6,8-9,11-14,17,20-23,26,29-31,33,35,38,41,43,45-71H2,1-3H3/b10-7-,18-15-,19-16-,27-24-,28-25-,34-32-,37-36-,40-39-,44-42-. The minimum atomic E-state index is -0.790. The van der Waals surface area contributed by atoms with Gasteiger partial charge in [0.1, 0.15) is 13.2 Å². The third kappa shape index (κ3) is 66.8. The molecule has 81 heavy (non-hydrogen) atoms. The molecule has 0 N–H and O–H groups in total.